The van der Waals surface area contributed by atoms with Crippen LogP contribution >= 0.6 is 0 Å². The van der Waals surface area contributed by atoms with Gasteiger partial charge in [0.1, 0.15) is 0 Å². The Balaban J connectivity index is 1.68. The first-order valence-electron chi connectivity index (χ1n) is 8.90. The third kappa shape index (κ3) is 4.16. The van der Waals surface area contributed by atoms with Crippen LogP contribution < -0.4 is 15.5 Å². The molecule has 2 N–H and O–H groups in total. The fourth-order valence-corrected chi connectivity index (χ4v) is 3.42. The average molecular weight is 365 g/mol. The molecule has 0 bridgehead atoms. The predicted molar refractivity (Wildman–Crippen MR) is 106 cm³/mol. The fraction of sp³-hybridized carbons (Fsp3) is 0.286. The number of benzene rings is 2. The second-order valence-electron chi connectivity index (χ2n) is 6.89. The van der Waals surface area contributed by atoms with E-state index in [4.69, 9.17) is 0 Å². The third-order valence-corrected chi connectivity index (χ3v) is 4.68. The third-order valence-electron chi connectivity index (χ3n) is 4.68. The van der Waals surface area contributed by atoms with Crippen LogP contribution in [0.5, 0.6) is 0 Å². The van der Waals surface area contributed by atoms with Gasteiger partial charge in [0.2, 0.25) is 17.7 Å². The van der Waals surface area contributed by atoms with E-state index < -0.39 is 5.92 Å². The summed E-state index contributed by atoms with van der Waals surface area (Å²) in [4.78, 5) is 37.9. The molecule has 0 radical (unpaired) electrons. The second kappa shape index (κ2) is 7.61. The minimum Gasteiger partial charge on any atom is -0.326 e. The second-order valence-corrected chi connectivity index (χ2v) is 6.89. The lowest BCUT2D eigenvalue weighted by Crippen LogP contribution is -2.29. The lowest BCUT2D eigenvalue weighted by Gasteiger charge is -2.21. The van der Waals surface area contributed by atoms with Crippen molar-refractivity contribution < 1.29 is 14.4 Å². The molecule has 1 saturated heterocycles. The van der Waals surface area contributed by atoms with Crippen LogP contribution in [0.25, 0.3) is 0 Å². The van der Waals surface area contributed by atoms with Gasteiger partial charge in [0.05, 0.1) is 5.92 Å². The van der Waals surface area contributed by atoms with Gasteiger partial charge >= 0.3 is 0 Å². The van der Waals surface area contributed by atoms with E-state index in [2.05, 4.69) is 10.6 Å². The Bertz CT molecular complexity index is 870. The monoisotopic (exact) mass is 365 g/mol. The highest BCUT2D eigenvalue weighted by molar-refractivity contribution is 6.04. The minimum atomic E-state index is -0.397. The summed E-state index contributed by atoms with van der Waals surface area (Å²) < 4.78 is 0. The fourth-order valence-electron chi connectivity index (χ4n) is 3.42. The smallest absolute Gasteiger partial charge is 0.229 e. The standard InChI is InChI=1S/C21H23N3O3/c1-13-5-4-6-14(2)20(13)24-12-16(11-19(24)26)21(27)23-18-9-7-17(8-10-18)22-15(3)25/h4-10,16H,11-12H2,1-3H3,(H,22,25)(H,23,27). The highest BCUT2D eigenvalue weighted by Crippen LogP contribution is 2.31. The van der Waals surface area contributed by atoms with Crippen LogP contribution in [0.3, 0.4) is 0 Å². The lowest BCUT2D eigenvalue weighted by atomic mass is 10.1. The Morgan fingerprint density at radius 1 is 0.963 bits per heavy atom. The lowest BCUT2D eigenvalue weighted by molar-refractivity contribution is -0.122. The number of aryl methyl sites for hydroxylation is 2. The van der Waals surface area contributed by atoms with Gasteiger partial charge in [-0.3, -0.25) is 14.4 Å². The van der Waals surface area contributed by atoms with Gasteiger partial charge in [-0.15, -0.1) is 0 Å². The first kappa shape index (κ1) is 18.6. The molecule has 6 nitrogen and oxygen atoms in total. The molecule has 1 atom stereocenters. The van der Waals surface area contributed by atoms with Gasteiger partial charge in [0.25, 0.3) is 0 Å². The largest absolute Gasteiger partial charge is 0.326 e. The van der Waals surface area contributed by atoms with E-state index in [1.54, 1.807) is 29.2 Å². The minimum absolute atomic E-state index is 0.0337. The average Bonchev–Trinajstić information content (AvgIpc) is 2.98. The summed E-state index contributed by atoms with van der Waals surface area (Å²) in [6.07, 6.45) is 0.198. The molecule has 1 aliphatic heterocycles. The molecule has 27 heavy (non-hydrogen) atoms. The number of nitrogens with one attached hydrogen (secondary N) is 2. The molecule has 1 aliphatic rings. The quantitative estimate of drug-likeness (QED) is 0.873. The van der Waals surface area contributed by atoms with Gasteiger partial charge in [-0.05, 0) is 49.2 Å². The van der Waals surface area contributed by atoms with Crippen LogP contribution in [0.2, 0.25) is 0 Å². The summed E-state index contributed by atoms with van der Waals surface area (Å²) in [6.45, 7) is 5.76. The molecule has 1 heterocycles. The molecule has 0 spiro atoms. The van der Waals surface area contributed by atoms with Gasteiger partial charge in [-0.1, -0.05) is 18.2 Å². The molecule has 2 aromatic rings. The van der Waals surface area contributed by atoms with Crippen LogP contribution in [0.4, 0.5) is 17.1 Å². The summed E-state index contributed by atoms with van der Waals surface area (Å²) in [5, 5.41) is 5.53. The van der Waals surface area contributed by atoms with Gasteiger partial charge in [0.15, 0.2) is 0 Å². The SMILES string of the molecule is CC(=O)Nc1ccc(NC(=O)C2CC(=O)N(c3c(C)cccc3C)C2)cc1. The molecule has 6 heteroatoms. The van der Waals surface area contributed by atoms with E-state index in [-0.39, 0.29) is 24.1 Å². The molecule has 140 valence electrons. The Labute approximate surface area is 158 Å². The molecular formula is C21H23N3O3. The number of para-hydroxylation sites is 1. The summed E-state index contributed by atoms with van der Waals surface area (Å²) >= 11 is 0. The van der Waals surface area contributed by atoms with Crippen molar-refractivity contribution in [3.05, 3.63) is 53.6 Å². The molecule has 1 unspecified atom stereocenters. The van der Waals surface area contributed by atoms with Crippen molar-refractivity contribution in [1.82, 2.24) is 0 Å². The number of amides is 3. The highest BCUT2D eigenvalue weighted by Gasteiger charge is 2.36. The normalized spacial score (nSPS) is 16.3. The van der Waals surface area contributed by atoms with Crippen LogP contribution in [0, 0.1) is 19.8 Å². The number of rotatable bonds is 4. The topological polar surface area (TPSA) is 78.5 Å². The first-order chi connectivity index (χ1) is 12.8. The van der Waals surface area contributed by atoms with E-state index in [0.29, 0.717) is 17.9 Å². The number of hydrogen-bond donors (Lipinski definition) is 2. The van der Waals surface area contributed by atoms with Crippen molar-refractivity contribution in [3.8, 4) is 0 Å². The highest BCUT2D eigenvalue weighted by atomic mass is 16.2. The zero-order chi connectivity index (χ0) is 19.6. The van der Waals surface area contributed by atoms with Crippen molar-refractivity contribution in [2.75, 3.05) is 22.1 Å². The number of hydrogen-bond acceptors (Lipinski definition) is 3. The molecule has 2 aromatic carbocycles. The predicted octanol–water partition coefficient (Wildman–Crippen LogP) is 3.25. The number of nitrogens with zero attached hydrogens (tertiary/aromatic N) is 1. The van der Waals surface area contributed by atoms with Crippen molar-refractivity contribution in [2.24, 2.45) is 5.92 Å². The molecule has 1 fully saturated rings. The Kier molecular flexibility index (Phi) is 5.26. The molecule has 0 aromatic heterocycles. The van der Waals surface area contributed by atoms with E-state index in [1.165, 1.54) is 6.92 Å². The van der Waals surface area contributed by atoms with Crippen LogP contribution in [-0.2, 0) is 14.4 Å². The molecule has 3 rings (SSSR count). The zero-order valence-corrected chi connectivity index (χ0v) is 15.7. The van der Waals surface area contributed by atoms with E-state index in [1.807, 2.05) is 32.0 Å². The number of carbonyl (C=O) groups is 3. The Morgan fingerprint density at radius 3 is 2.07 bits per heavy atom. The Hall–Kier alpha value is -3.15. The maximum Gasteiger partial charge on any atom is 0.229 e. The first-order valence-corrected chi connectivity index (χ1v) is 8.90. The maximum absolute atomic E-state index is 12.6. The summed E-state index contributed by atoms with van der Waals surface area (Å²) in [5.41, 5.74) is 4.25. The maximum atomic E-state index is 12.6. The zero-order valence-electron chi connectivity index (χ0n) is 15.7. The van der Waals surface area contributed by atoms with Crippen molar-refractivity contribution in [1.29, 1.82) is 0 Å². The summed E-state index contributed by atoms with van der Waals surface area (Å²) in [5.74, 6) is -0.757. The van der Waals surface area contributed by atoms with Crippen molar-refractivity contribution in [2.45, 2.75) is 27.2 Å². The van der Waals surface area contributed by atoms with Gasteiger partial charge in [-0.25, -0.2) is 0 Å². The molecule has 3 amide bonds. The molecular weight excluding hydrogens is 342 g/mol. The Morgan fingerprint density at radius 2 is 1.52 bits per heavy atom. The van der Waals surface area contributed by atoms with Gasteiger partial charge < -0.3 is 15.5 Å². The van der Waals surface area contributed by atoms with Gasteiger partial charge in [-0.2, -0.15) is 0 Å². The molecule has 0 saturated carbocycles. The van der Waals surface area contributed by atoms with Crippen LogP contribution in [0.15, 0.2) is 42.5 Å². The number of anilines is 3. The summed E-state index contributed by atoms with van der Waals surface area (Å²) in [6, 6.07) is 12.8. The summed E-state index contributed by atoms with van der Waals surface area (Å²) in [7, 11) is 0. The van der Waals surface area contributed by atoms with Crippen LogP contribution in [-0.4, -0.2) is 24.3 Å². The van der Waals surface area contributed by atoms with Crippen molar-refractivity contribution >= 4 is 34.8 Å². The van der Waals surface area contributed by atoms with E-state index >= 15 is 0 Å². The van der Waals surface area contributed by atoms with Crippen LogP contribution in [0.1, 0.15) is 24.5 Å². The van der Waals surface area contributed by atoms with E-state index in [9.17, 15) is 14.4 Å². The van der Waals surface area contributed by atoms with E-state index in [0.717, 1.165) is 16.8 Å². The van der Waals surface area contributed by atoms with Gasteiger partial charge in [0, 0.05) is 37.0 Å². The molecule has 0 aliphatic carbocycles. The number of carbonyl (C=O) groups excluding carboxylic acids is 3. The van der Waals surface area contributed by atoms with Crippen molar-refractivity contribution in [3.63, 3.8) is 0 Å².